The van der Waals surface area contributed by atoms with Gasteiger partial charge in [-0.1, -0.05) is 31.4 Å². The van der Waals surface area contributed by atoms with Gasteiger partial charge in [0, 0.05) is 24.3 Å². The molecule has 1 N–H and O–H groups in total. The smallest absolute Gasteiger partial charge is 0.328 e. The fraction of sp³-hybridized carbons (Fsp3) is 0.500. The van der Waals surface area contributed by atoms with Gasteiger partial charge in [-0.25, -0.2) is 4.79 Å². The third-order valence-corrected chi connectivity index (χ3v) is 6.27. The average molecular weight is 451 g/mol. The highest BCUT2D eigenvalue weighted by Crippen LogP contribution is 2.53. The van der Waals surface area contributed by atoms with Crippen LogP contribution < -0.4 is 5.32 Å². The quantitative estimate of drug-likeness (QED) is 0.385. The van der Waals surface area contributed by atoms with Gasteiger partial charge in [0.2, 0.25) is 0 Å². The van der Waals surface area contributed by atoms with Crippen LogP contribution in [0.5, 0.6) is 0 Å². The highest BCUT2D eigenvalue weighted by molar-refractivity contribution is 9.12. The van der Waals surface area contributed by atoms with Gasteiger partial charge in [-0.05, 0) is 41.3 Å². The number of ether oxygens (including phenoxy) is 1. The fourth-order valence-corrected chi connectivity index (χ4v) is 4.89. The standard InChI is InChI=1S/C20H23BrN2O5/c1-2-28-19(25)15(12-13-6-8-14(9-7-13)23(26)27)22-17-16(21)18(24)20(17)10-4-3-5-11-20/h6-9,15,22H,2-5,10-12H2,1H3. The summed E-state index contributed by atoms with van der Waals surface area (Å²) in [4.78, 5) is 35.5. The summed E-state index contributed by atoms with van der Waals surface area (Å²) in [5.74, 6) is -0.299. The molecule has 3 rings (SSSR count). The van der Waals surface area contributed by atoms with Crippen molar-refractivity contribution < 1.29 is 19.2 Å². The number of Topliss-reactive ketones (excluding diaryl/α,β-unsaturated/α-hetero) is 1. The van der Waals surface area contributed by atoms with Crippen molar-refractivity contribution in [1.29, 1.82) is 0 Å². The number of non-ortho nitro benzene ring substituents is 1. The van der Waals surface area contributed by atoms with E-state index in [4.69, 9.17) is 4.74 Å². The third kappa shape index (κ3) is 3.83. The van der Waals surface area contributed by atoms with Crippen molar-refractivity contribution in [1.82, 2.24) is 5.32 Å². The highest BCUT2D eigenvalue weighted by atomic mass is 79.9. The molecule has 0 bridgehead atoms. The Morgan fingerprint density at radius 1 is 1.29 bits per heavy atom. The largest absolute Gasteiger partial charge is 0.464 e. The summed E-state index contributed by atoms with van der Waals surface area (Å²) in [7, 11) is 0. The van der Waals surface area contributed by atoms with E-state index < -0.39 is 22.3 Å². The van der Waals surface area contributed by atoms with Crippen LogP contribution in [0.2, 0.25) is 0 Å². The summed E-state index contributed by atoms with van der Waals surface area (Å²) in [6.07, 6.45) is 4.98. The molecule has 1 aromatic rings. The molecule has 0 amide bonds. The number of halogens is 1. The maximum atomic E-state index is 12.6. The Morgan fingerprint density at radius 2 is 1.93 bits per heavy atom. The molecule has 1 fully saturated rings. The number of nitrogens with zero attached hydrogens (tertiary/aromatic N) is 1. The van der Waals surface area contributed by atoms with Crippen LogP contribution in [0.1, 0.15) is 44.6 Å². The van der Waals surface area contributed by atoms with Gasteiger partial charge in [0.25, 0.3) is 5.69 Å². The monoisotopic (exact) mass is 450 g/mol. The first-order valence-electron chi connectivity index (χ1n) is 9.50. The van der Waals surface area contributed by atoms with Crippen LogP contribution in [0.3, 0.4) is 0 Å². The van der Waals surface area contributed by atoms with Crippen molar-refractivity contribution in [2.24, 2.45) is 5.41 Å². The lowest BCUT2D eigenvalue weighted by Gasteiger charge is -2.46. The van der Waals surface area contributed by atoms with Gasteiger partial charge >= 0.3 is 5.97 Å². The van der Waals surface area contributed by atoms with Crippen molar-refractivity contribution in [2.75, 3.05) is 6.61 Å². The maximum Gasteiger partial charge on any atom is 0.328 e. The Labute approximate surface area is 171 Å². The topological polar surface area (TPSA) is 98.5 Å². The number of carbonyl (C=O) groups is 2. The van der Waals surface area contributed by atoms with Crippen LogP contribution in [-0.2, 0) is 20.7 Å². The molecule has 7 nitrogen and oxygen atoms in total. The number of hydrogen-bond acceptors (Lipinski definition) is 6. The molecule has 2 aliphatic carbocycles. The van der Waals surface area contributed by atoms with Gasteiger partial charge in [-0.15, -0.1) is 0 Å². The third-order valence-electron chi connectivity index (χ3n) is 5.52. The molecule has 28 heavy (non-hydrogen) atoms. The Kier molecular flexibility index (Phi) is 6.17. The molecule has 1 aromatic carbocycles. The molecular weight excluding hydrogens is 428 g/mol. The predicted octanol–water partition coefficient (Wildman–Crippen LogP) is 3.80. The molecule has 0 aliphatic heterocycles. The molecule has 1 unspecified atom stereocenters. The van der Waals surface area contributed by atoms with E-state index in [0.29, 0.717) is 10.9 Å². The van der Waals surface area contributed by atoms with E-state index in [-0.39, 0.29) is 18.1 Å². The molecule has 2 aliphatic rings. The summed E-state index contributed by atoms with van der Waals surface area (Å²) in [6.45, 7) is 1.99. The highest BCUT2D eigenvalue weighted by Gasteiger charge is 2.53. The lowest BCUT2D eigenvalue weighted by Crippen LogP contribution is -2.53. The Morgan fingerprint density at radius 3 is 2.50 bits per heavy atom. The van der Waals surface area contributed by atoms with Gasteiger partial charge in [-0.2, -0.15) is 0 Å². The number of hydrogen-bond donors (Lipinski definition) is 1. The van der Waals surface area contributed by atoms with Crippen molar-refractivity contribution in [2.45, 2.75) is 51.5 Å². The van der Waals surface area contributed by atoms with Crippen LogP contribution >= 0.6 is 15.9 Å². The van der Waals surface area contributed by atoms with Crippen LogP contribution in [0.4, 0.5) is 5.69 Å². The second-order valence-corrected chi connectivity index (χ2v) is 8.03. The second-order valence-electron chi connectivity index (χ2n) is 7.24. The lowest BCUT2D eigenvalue weighted by atomic mass is 9.62. The van der Waals surface area contributed by atoms with E-state index in [2.05, 4.69) is 21.2 Å². The number of benzene rings is 1. The van der Waals surface area contributed by atoms with Gasteiger partial charge in [0.05, 0.1) is 21.4 Å². The molecule has 0 radical (unpaired) electrons. The number of nitro groups is 1. The minimum Gasteiger partial charge on any atom is -0.464 e. The van der Waals surface area contributed by atoms with Gasteiger partial charge in [-0.3, -0.25) is 14.9 Å². The first-order valence-corrected chi connectivity index (χ1v) is 10.3. The Hall–Kier alpha value is -2.22. The summed E-state index contributed by atoms with van der Waals surface area (Å²) >= 11 is 3.37. The second kappa shape index (κ2) is 8.43. The zero-order valence-electron chi connectivity index (χ0n) is 15.7. The minimum atomic E-state index is -0.671. The molecule has 0 aromatic heterocycles. The summed E-state index contributed by atoms with van der Waals surface area (Å²) in [5.41, 5.74) is 1.05. The van der Waals surface area contributed by atoms with Crippen molar-refractivity contribution >= 4 is 33.4 Å². The molecule has 1 atom stereocenters. The molecule has 1 saturated carbocycles. The van der Waals surface area contributed by atoms with E-state index in [0.717, 1.165) is 43.4 Å². The number of nitrogens with one attached hydrogen (secondary N) is 1. The zero-order chi connectivity index (χ0) is 20.3. The summed E-state index contributed by atoms with van der Waals surface area (Å²) in [6, 6.07) is 5.44. The summed E-state index contributed by atoms with van der Waals surface area (Å²) < 4.78 is 5.72. The number of allylic oxidation sites excluding steroid dienone is 2. The SMILES string of the molecule is CCOC(=O)C(Cc1ccc([N+](=O)[O-])cc1)NC1=C(Br)C(=O)C12CCCCC2. The Bertz CT molecular complexity index is 812. The number of ketones is 1. The molecule has 8 heteroatoms. The molecule has 0 heterocycles. The number of carbonyl (C=O) groups excluding carboxylic acids is 2. The van der Waals surface area contributed by atoms with Crippen LogP contribution in [0.15, 0.2) is 34.4 Å². The molecular formula is C20H23BrN2O5. The maximum absolute atomic E-state index is 12.6. The van der Waals surface area contributed by atoms with Crippen molar-refractivity contribution in [3.8, 4) is 0 Å². The predicted molar refractivity (Wildman–Crippen MR) is 107 cm³/mol. The van der Waals surface area contributed by atoms with E-state index in [1.165, 1.54) is 12.1 Å². The fourth-order valence-electron chi connectivity index (χ4n) is 4.02. The molecule has 1 spiro atoms. The molecule has 150 valence electrons. The zero-order valence-corrected chi connectivity index (χ0v) is 17.3. The first-order chi connectivity index (χ1) is 13.4. The van der Waals surface area contributed by atoms with Crippen LogP contribution in [0, 0.1) is 15.5 Å². The lowest BCUT2D eigenvalue weighted by molar-refractivity contribution is -0.384. The van der Waals surface area contributed by atoms with E-state index >= 15 is 0 Å². The Balaban J connectivity index is 1.81. The van der Waals surface area contributed by atoms with Crippen LogP contribution in [0.25, 0.3) is 0 Å². The first kappa shape index (κ1) is 20.5. The van der Waals surface area contributed by atoms with E-state index in [1.807, 2.05) is 0 Å². The normalized spacial score (nSPS) is 19.1. The summed E-state index contributed by atoms with van der Waals surface area (Å²) in [5, 5.41) is 14.1. The van der Waals surface area contributed by atoms with Crippen molar-refractivity contribution in [3.63, 3.8) is 0 Å². The number of nitro benzene ring substituents is 1. The molecule has 0 saturated heterocycles. The minimum absolute atomic E-state index is 0.000551. The van der Waals surface area contributed by atoms with Crippen molar-refractivity contribution in [3.05, 3.63) is 50.1 Å². The van der Waals surface area contributed by atoms with E-state index in [1.54, 1.807) is 19.1 Å². The van der Waals surface area contributed by atoms with E-state index in [9.17, 15) is 19.7 Å². The van der Waals surface area contributed by atoms with Gasteiger partial charge < -0.3 is 10.1 Å². The average Bonchev–Trinajstić information content (AvgIpc) is 2.71. The van der Waals surface area contributed by atoms with Crippen LogP contribution in [-0.4, -0.2) is 29.3 Å². The number of rotatable bonds is 7. The van der Waals surface area contributed by atoms with Gasteiger partial charge in [0.15, 0.2) is 5.78 Å². The number of esters is 1. The van der Waals surface area contributed by atoms with Gasteiger partial charge in [0.1, 0.15) is 6.04 Å².